The quantitative estimate of drug-likeness (QED) is 0.514. The smallest absolute Gasteiger partial charge is 0.215 e. The van der Waals surface area contributed by atoms with Crippen molar-refractivity contribution < 1.29 is 14.2 Å². The summed E-state index contributed by atoms with van der Waals surface area (Å²) in [6.07, 6.45) is 6.77. The Morgan fingerprint density at radius 3 is 2.96 bits per heavy atom. The normalized spacial score (nSPS) is 22.6. The summed E-state index contributed by atoms with van der Waals surface area (Å²) >= 11 is 12.4. The monoisotopic (exact) mass is 404 g/mol. The van der Waals surface area contributed by atoms with E-state index in [1.54, 1.807) is 30.7 Å². The van der Waals surface area contributed by atoms with Gasteiger partial charge in [-0.15, -0.1) is 19.0 Å². The molecule has 2 aromatic rings. The maximum Gasteiger partial charge on any atom is 0.215 e. The van der Waals surface area contributed by atoms with E-state index >= 15 is 0 Å². The van der Waals surface area contributed by atoms with Gasteiger partial charge in [-0.25, -0.2) is 4.98 Å². The third-order valence-corrected chi connectivity index (χ3v) is 4.24. The van der Waals surface area contributed by atoms with Crippen LogP contribution in [0.2, 0.25) is 10.0 Å². The van der Waals surface area contributed by atoms with E-state index in [0.29, 0.717) is 36.4 Å². The summed E-state index contributed by atoms with van der Waals surface area (Å²) < 4.78 is 19.6. The molecule has 1 aliphatic heterocycles. The van der Waals surface area contributed by atoms with Crippen molar-refractivity contribution in [1.29, 1.82) is 0 Å². The average Bonchev–Trinajstić information content (AvgIpc) is 3.19. The summed E-state index contributed by atoms with van der Waals surface area (Å²) in [5.74, 6) is -1.01. The highest BCUT2D eigenvalue weighted by Gasteiger charge is 2.45. The zero-order chi connectivity index (χ0) is 17.0. The van der Waals surface area contributed by atoms with Crippen LogP contribution in [0.4, 0.5) is 0 Å². The largest absolute Gasteiger partial charge is 0.375 e. The molecule has 1 saturated heterocycles. The number of ether oxygens (including phenoxy) is 3. The molecule has 0 radical (unpaired) electrons. The molecule has 1 aliphatic rings. The third kappa shape index (κ3) is 4.76. The van der Waals surface area contributed by atoms with Gasteiger partial charge in [0.2, 0.25) is 5.79 Å². The van der Waals surface area contributed by atoms with Crippen molar-refractivity contribution in [3.8, 4) is 0 Å². The molecule has 0 saturated carbocycles. The summed E-state index contributed by atoms with van der Waals surface area (Å²) in [6.45, 7) is 5.35. The number of benzene rings is 1. The van der Waals surface area contributed by atoms with Gasteiger partial charge in [-0.2, -0.15) is 0 Å². The number of imidazole rings is 1. The van der Waals surface area contributed by atoms with E-state index in [-0.39, 0.29) is 18.5 Å². The van der Waals surface area contributed by atoms with Gasteiger partial charge in [0.1, 0.15) is 6.10 Å². The Morgan fingerprint density at radius 1 is 1.44 bits per heavy atom. The van der Waals surface area contributed by atoms with Crippen molar-refractivity contribution >= 4 is 35.6 Å². The lowest BCUT2D eigenvalue weighted by molar-refractivity contribution is -0.191. The Kier molecular flexibility index (Phi) is 7.31. The van der Waals surface area contributed by atoms with Crippen LogP contribution in [0.15, 0.2) is 49.6 Å². The van der Waals surface area contributed by atoms with E-state index in [1.165, 1.54) is 0 Å². The topological polar surface area (TPSA) is 45.5 Å². The lowest BCUT2D eigenvalue weighted by atomic mass is 10.1. The van der Waals surface area contributed by atoms with Crippen molar-refractivity contribution in [2.24, 2.45) is 0 Å². The van der Waals surface area contributed by atoms with Crippen LogP contribution in [-0.2, 0) is 26.5 Å². The Bertz CT molecular complexity index is 696. The molecule has 8 heteroatoms. The minimum absolute atomic E-state index is 0. The first-order valence-electron chi connectivity index (χ1n) is 7.54. The van der Waals surface area contributed by atoms with Crippen molar-refractivity contribution in [2.45, 2.75) is 18.4 Å². The summed E-state index contributed by atoms with van der Waals surface area (Å²) in [7, 11) is 0. The van der Waals surface area contributed by atoms with Gasteiger partial charge < -0.3 is 18.8 Å². The third-order valence-electron chi connectivity index (χ3n) is 3.69. The Morgan fingerprint density at radius 2 is 2.28 bits per heavy atom. The van der Waals surface area contributed by atoms with Gasteiger partial charge in [0.15, 0.2) is 0 Å². The van der Waals surface area contributed by atoms with Gasteiger partial charge in [-0.05, 0) is 12.1 Å². The lowest BCUT2D eigenvalue weighted by Gasteiger charge is -2.30. The number of nitrogens with zero attached hydrogens (tertiary/aromatic N) is 2. The van der Waals surface area contributed by atoms with E-state index in [4.69, 9.17) is 37.4 Å². The molecule has 1 fully saturated rings. The van der Waals surface area contributed by atoms with Gasteiger partial charge in [-0.3, -0.25) is 0 Å². The van der Waals surface area contributed by atoms with E-state index in [2.05, 4.69) is 11.6 Å². The number of aromatic nitrogens is 2. The second-order valence-corrected chi connectivity index (χ2v) is 6.33. The van der Waals surface area contributed by atoms with Crippen LogP contribution in [0.3, 0.4) is 0 Å². The molecule has 0 aliphatic carbocycles. The standard InChI is InChI=1S/C17H18Cl2N2O3.ClH/c1-2-7-22-9-14-10-23-17(24-14,11-21-6-5-20-12-21)15-4-3-13(18)8-16(15)19;/h2-6,8,12,14H,1,7,9-11H2;1H. The molecular weight excluding hydrogens is 387 g/mol. The molecule has 0 spiro atoms. The molecule has 0 bridgehead atoms. The highest BCUT2D eigenvalue weighted by molar-refractivity contribution is 6.35. The van der Waals surface area contributed by atoms with Gasteiger partial charge in [0.05, 0.1) is 37.7 Å². The number of hydrogen-bond acceptors (Lipinski definition) is 4. The summed E-state index contributed by atoms with van der Waals surface area (Å²) in [4.78, 5) is 4.07. The molecule has 25 heavy (non-hydrogen) atoms. The molecule has 2 unspecified atom stereocenters. The van der Waals surface area contributed by atoms with E-state index in [0.717, 1.165) is 5.56 Å². The number of halogens is 3. The first-order chi connectivity index (χ1) is 11.6. The highest BCUT2D eigenvalue weighted by atomic mass is 35.5. The van der Waals surface area contributed by atoms with E-state index in [9.17, 15) is 0 Å². The molecule has 136 valence electrons. The van der Waals surface area contributed by atoms with Crippen molar-refractivity contribution in [2.75, 3.05) is 19.8 Å². The van der Waals surface area contributed by atoms with Crippen LogP contribution in [0, 0.1) is 0 Å². The molecule has 1 aromatic heterocycles. The Hall–Kier alpha value is -1.08. The second kappa shape index (κ2) is 9.03. The van der Waals surface area contributed by atoms with Crippen LogP contribution in [0.1, 0.15) is 5.56 Å². The summed E-state index contributed by atoms with van der Waals surface area (Å²) in [5, 5.41) is 1.06. The predicted molar refractivity (Wildman–Crippen MR) is 99.5 cm³/mol. The zero-order valence-corrected chi connectivity index (χ0v) is 15.8. The minimum atomic E-state index is -1.01. The van der Waals surface area contributed by atoms with Crippen molar-refractivity contribution in [3.63, 3.8) is 0 Å². The van der Waals surface area contributed by atoms with Gasteiger partial charge >= 0.3 is 0 Å². The first kappa shape index (κ1) is 20.2. The van der Waals surface area contributed by atoms with Crippen LogP contribution < -0.4 is 0 Å². The predicted octanol–water partition coefficient (Wildman–Crippen LogP) is 4.08. The molecule has 2 heterocycles. The van der Waals surface area contributed by atoms with Gasteiger partial charge in [0, 0.05) is 23.0 Å². The minimum Gasteiger partial charge on any atom is -0.375 e. The van der Waals surface area contributed by atoms with Gasteiger partial charge in [0.25, 0.3) is 0 Å². The highest BCUT2D eigenvalue weighted by Crippen LogP contribution is 2.40. The van der Waals surface area contributed by atoms with Crippen LogP contribution in [-0.4, -0.2) is 35.5 Å². The zero-order valence-electron chi connectivity index (χ0n) is 13.4. The molecule has 1 aromatic carbocycles. The molecule has 5 nitrogen and oxygen atoms in total. The van der Waals surface area contributed by atoms with Crippen LogP contribution in [0.5, 0.6) is 0 Å². The molecule has 0 N–H and O–H groups in total. The van der Waals surface area contributed by atoms with Gasteiger partial charge in [-0.1, -0.05) is 35.3 Å². The fraction of sp³-hybridized carbons (Fsp3) is 0.353. The Labute approximate surface area is 162 Å². The number of hydrogen-bond donors (Lipinski definition) is 0. The number of rotatable bonds is 7. The summed E-state index contributed by atoms with van der Waals surface area (Å²) in [6, 6.07) is 5.28. The van der Waals surface area contributed by atoms with E-state index in [1.807, 2.05) is 16.8 Å². The SMILES string of the molecule is C=CCOCC1COC(Cn2ccnc2)(c2ccc(Cl)cc2Cl)O1.Cl. The fourth-order valence-corrected chi connectivity index (χ4v) is 3.21. The maximum atomic E-state index is 6.40. The summed E-state index contributed by atoms with van der Waals surface area (Å²) in [5.41, 5.74) is 0.730. The average molecular weight is 406 g/mol. The first-order valence-corrected chi connectivity index (χ1v) is 8.30. The second-order valence-electron chi connectivity index (χ2n) is 5.49. The molecular formula is C17H19Cl3N2O3. The Balaban J connectivity index is 0.00000225. The van der Waals surface area contributed by atoms with Crippen LogP contribution >= 0.6 is 35.6 Å². The molecule has 2 atom stereocenters. The van der Waals surface area contributed by atoms with E-state index < -0.39 is 5.79 Å². The molecule has 3 rings (SSSR count). The van der Waals surface area contributed by atoms with Crippen molar-refractivity contribution in [3.05, 3.63) is 65.2 Å². The molecule has 0 amide bonds. The fourth-order valence-electron chi connectivity index (χ4n) is 2.66. The van der Waals surface area contributed by atoms with Crippen LogP contribution in [0.25, 0.3) is 0 Å². The van der Waals surface area contributed by atoms with Crippen molar-refractivity contribution in [1.82, 2.24) is 9.55 Å². The lowest BCUT2D eigenvalue weighted by Crippen LogP contribution is -2.34. The maximum absolute atomic E-state index is 6.40.